The molecule has 0 aromatic heterocycles. The van der Waals surface area contributed by atoms with E-state index in [2.05, 4.69) is 31.2 Å². The number of ether oxygens (including phenoxy) is 1. The molecule has 1 saturated heterocycles. The summed E-state index contributed by atoms with van der Waals surface area (Å²) in [6, 6.07) is 9.14. The van der Waals surface area contributed by atoms with Gasteiger partial charge >= 0.3 is 0 Å². The lowest BCUT2D eigenvalue weighted by Crippen LogP contribution is -2.18. The molecule has 1 unspecified atom stereocenters. The number of benzene rings is 1. The summed E-state index contributed by atoms with van der Waals surface area (Å²) in [4.78, 5) is 1.59. The van der Waals surface area contributed by atoms with E-state index in [0.717, 1.165) is 6.61 Å². The van der Waals surface area contributed by atoms with Gasteiger partial charge in [0, 0.05) is 23.9 Å². The molecule has 0 amide bonds. The second kappa shape index (κ2) is 16.3. The summed E-state index contributed by atoms with van der Waals surface area (Å²) in [7, 11) is 0. The number of hydrogen-bond donors (Lipinski definition) is 0. The zero-order valence-corrected chi connectivity index (χ0v) is 19.4. The standard InChI is InChI=1S/C26H44OS/c1-2-3-4-10-17-24-18-12-13-21-26(24)28-23-16-9-7-5-6-8-11-19-25-20-14-15-22-27-25/h12-13,18,21,25H,2-11,14-17,19-20,22-23H2,1H3/p+1. The van der Waals surface area contributed by atoms with Gasteiger partial charge in [0.2, 0.25) is 0 Å². The lowest BCUT2D eigenvalue weighted by Gasteiger charge is -2.22. The highest BCUT2D eigenvalue weighted by Crippen LogP contribution is 2.19. The zero-order valence-electron chi connectivity index (χ0n) is 18.5. The summed E-state index contributed by atoms with van der Waals surface area (Å²) in [5, 5.41) is 0. The van der Waals surface area contributed by atoms with Crippen molar-refractivity contribution >= 4 is 11.8 Å². The SMILES string of the molecule is CCCCCCc1ccccc1[SH+]CCCCCCCCCC1CCCCO1. The predicted molar refractivity (Wildman–Crippen MR) is 127 cm³/mol. The highest BCUT2D eigenvalue weighted by molar-refractivity contribution is 7.78. The van der Waals surface area contributed by atoms with E-state index in [1.54, 1.807) is 22.2 Å². The van der Waals surface area contributed by atoms with Crippen molar-refractivity contribution in [1.82, 2.24) is 0 Å². The topological polar surface area (TPSA) is 9.23 Å². The Morgan fingerprint density at radius 2 is 1.61 bits per heavy atom. The van der Waals surface area contributed by atoms with Crippen LogP contribution >= 0.6 is 0 Å². The highest BCUT2D eigenvalue weighted by Gasteiger charge is 2.12. The smallest absolute Gasteiger partial charge is 0.155 e. The first-order chi connectivity index (χ1) is 13.9. The summed E-state index contributed by atoms with van der Waals surface area (Å²) in [6.45, 7) is 3.30. The number of rotatable bonds is 16. The molecule has 1 aliphatic rings. The van der Waals surface area contributed by atoms with Gasteiger partial charge in [0.15, 0.2) is 4.90 Å². The minimum absolute atomic E-state index is 0.585. The molecule has 0 spiro atoms. The van der Waals surface area contributed by atoms with E-state index in [4.69, 9.17) is 4.74 Å². The van der Waals surface area contributed by atoms with Crippen LogP contribution in [-0.4, -0.2) is 18.5 Å². The molecule has 0 saturated carbocycles. The van der Waals surface area contributed by atoms with E-state index in [9.17, 15) is 0 Å². The maximum absolute atomic E-state index is 5.83. The molecule has 0 radical (unpaired) electrons. The van der Waals surface area contributed by atoms with Gasteiger partial charge in [-0.25, -0.2) is 0 Å². The van der Waals surface area contributed by atoms with Gasteiger partial charge in [-0.3, -0.25) is 0 Å². The van der Waals surface area contributed by atoms with Crippen molar-refractivity contribution in [3.05, 3.63) is 29.8 Å². The van der Waals surface area contributed by atoms with Crippen molar-refractivity contribution in [1.29, 1.82) is 0 Å². The Hall–Kier alpha value is -0.470. The summed E-state index contributed by atoms with van der Waals surface area (Å²) >= 11 is 1.55. The molecule has 2 heteroatoms. The fraction of sp³-hybridized carbons (Fsp3) is 0.769. The summed E-state index contributed by atoms with van der Waals surface area (Å²) in [5.41, 5.74) is 1.60. The zero-order chi connectivity index (χ0) is 19.7. The van der Waals surface area contributed by atoms with Crippen LogP contribution in [0.15, 0.2) is 29.2 Å². The predicted octanol–water partition coefficient (Wildman–Crippen LogP) is 7.67. The molecule has 0 aliphatic carbocycles. The lowest BCUT2D eigenvalue weighted by atomic mass is 10.0. The van der Waals surface area contributed by atoms with Crippen LogP contribution in [0.2, 0.25) is 0 Å². The molecule has 28 heavy (non-hydrogen) atoms. The summed E-state index contributed by atoms with van der Waals surface area (Å²) in [5.74, 6) is 1.34. The largest absolute Gasteiger partial charge is 0.378 e. The molecule has 1 aromatic rings. The van der Waals surface area contributed by atoms with Crippen molar-refractivity contribution in [2.24, 2.45) is 0 Å². The van der Waals surface area contributed by atoms with Crippen LogP contribution in [0.1, 0.15) is 109 Å². The average Bonchev–Trinajstić information content (AvgIpc) is 2.74. The number of aryl methyl sites for hydroxylation is 1. The summed E-state index contributed by atoms with van der Waals surface area (Å²) in [6.07, 6.45) is 22.4. The van der Waals surface area contributed by atoms with E-state index in [1.807, 2.05) is 0 Å². The van der Waals surface area contributed by atoms with Gasteiger partial charge < -0.3 is 4.74 Å². The molecule has 2 rings (SSSR count). The van der Waals surface area contributed by atoms with Gasteiger partial charge in [0.05, 0.1) is 6.10 Å². The number of thiol groups is 1. The molecule has 1 atom stereocenters. The first-order valence-electron chi connectivity index (χ1n) is 12.3. The first-order valence-corrected chi connectivity index (χ1v) is 13.3. The van der Waals surface area contributed by atoms with Gasteiger partial charge in [0.1, 0.15) is 5.75 Å². The third kappa shape index (κ3) is 10.9. The Labute approximate surface area is 179 Å². The van der Waals surface area contributed by atoms with E-state index < -0.39 is 0 Å². The van der Waals surface area contributed by atoms with E-state index in [-0.39, 0.29) is 0 Å². The van der Waals surface area contributed by atoms with Crippen LogP contribution < -0.4 is 0 Å². The quantitative estimate of drug-likeness (QED) is 0.156. The van der Waals surface area contributed by atoms with Crippen molar-refractivity contribution in [2.45, 2.75) is 121 Å². The van der Waals surface area contributed by atoms with Crippen molar-refractivity contribution in [3.63, 3.8) is 0 Å². The van der Waals surface area contributed by atoms with E-state index >= 15 is 0 Å². The Morgan fingerprint density at radius 1 is 0.857 bits per heavy atom. The minimum atomic E-state index is 0.585. The van der Waals surface area contributed by atoms with Crippen LogP contribution in [0.3, 0.4) is 0 Å². The Bertz CT molecular complexity index is 481. The van der Waals surface area contributed by atoms with Crippen LogP contribution in [0.4, 0.5) is 0 Å². The van der Waals surface area contributed by atoms with Crippen molar-refractivity contribution < 1.29 is 4.74 Å². The molecule has 0 bridgehead atoms. The molecule has 1 aliphatic heterocycles. The molecule has 0 N–H and O–H groups in total. The van der Waals surface area contributed by atoms with Gasteiger partial charge in [-0.05, 0) is 57.4 Å². The van der Waals surface area contributed by atoms with E-state index in [1.165, 1.54) is 108 Å². The van der Waals surface area contributed by atoms with Crippen molar-refractivity contribution in [3.8, 4) is 0 Å². The lowest BCUT2D eigenvalue weighted by molar-refractivity contribution is 0.00977. The second-order valence-corrected chi connectivity index (χ2v) is 9.82. The first kappa shape index (κ1) is 23.8. The van der Waals surface area contributed by atoms with Gasteiger partial charge in [-0.1, -0.05) is 76.5 Å². The fourth-order valence-electron chi connectivity index (χ4n) is 4.22. The molecule has 1 nitrogen and oxygen atoms in total. The molecule has 1 aromatic carbocycles. The third-order valence-electron chi connectivity index (χ3n) is 6.03. The Balaban J connectivity index is 1.43. The minimum Gasteiger partial charge on any atom is -0.378 e. The fourth-order valence-corrected chi connectivity index (χ4v) is 5.42. The van der Waals surface area contributed by atoms with Crippen LogP contribution in [0.25, 0.3) is 0 Å². The van der Waals surface area contributed by atoms with E-state index in [0.29, 0.717) is 6.10 Å². The second-order valence-electron chi connectivity index (χ2n) is 8.57. The molecular formula is C26H45OS+. The molecule has 160 valence electrons. The normalized spacial score (nSPS) is 17.1. The van der Waals surface area contributed by atoms with Crippen LogP contribution in [-0.2, 0) is 22.9 Å². The Morgan fingerprint density at radius 3 is 2.39 bits per heavy atom. The monoisotopic (exact) mass is 405 g/mol. The van der Waals surface area contributed by atoms with Gasteiger partial charge in [-0.15, -0.1) is 0 Å². The summed E-state index contributed by atoms with van der Waals surface area (Å²) < 4.78 is 5.83. The third-order valence-corrected chi connectivity index (χ3v) is 7.35. The van der Waals surface area contributed by atoms with Crippen LogP contribution in [0.5, 0.6) is 0 Å². The van der Waals surface area contributed by atoms with Crippen LogP contribution in [0, 0.1) is 0 Å². The molecular weight excluding hydrogens is 360 g/mol. The van der Waals surface area contributed by atoms with Crippen molar-refractivity contribution in [2.75, 3.05) is 12.4 Å². The highest BCUT2D eigenvalue weighted by atomic mass is 32.2. The maximum atomic E-state index is 5.83. The van der Waals surface area contributed by atoms with Gasteiger partial charge in [0.25, 0.3) is 0 Å². The maximum Gasteiger partial charge on any atom is 0.155 e. The number of unbranched alkanes of at least 4 members (excludes halogenated alkanes) is 9. The van der Waals surface area contributed by atoms with Gasteiger partial charge in [-0.2, -0.15) is 0 Å². The average molecular weight is 406 g/mol. The Kier molecular flexibility index (Phi) is 13.9. The molecule has 1 fully saturated rings. The molecule has 1 heterocycles. The number of hydrogen-bond acceptors (Lipinski definition) is 1.